The van der Waals surface area contributed by atoms with E-state index in [0.717, 1.165) is 63.1 Å². The van der Waals surface area contributed by atoms with Gasteiger partial charge in [0.1, 0.15) is 46.4 Å². The molecule has 54 heavy (non-hydrogen) atoms. The fourth-order valence-corrected chi connectivity index (χ4v) is 11.9. The minimum absolute atomic E-state index is 0.0346. The minimum Gasteiger partial charge on any atom is -0.495 e. The Morgan fingerprint density at radius 3 is 1.43 bits per heavy atom. The standard InChI is InChI=1S/C40H28N6O4S4/c1-39(2)23-13-29(37-27(47-7)15-33(53-37)45-31(17-41)43-5)51-35(23)21-9-20-12-26-22(10-19(20)11-25(21)49-39)36-24(40(3,4)50-26)14-30(52-36)38-28(48-8)16-34(54-38)46-32(18-42)44-6/h9-16,19-20H,1-4,7-8H3. The third-order valence-corrected chi connectivity index (χ3v) is 14.2. The fourth-order valence-electron chi connectivity index (χ4n) is 6.97. The Morgan fingerprint density at radius 1 is 0.667 bits per heavy atom. The molecule has 2 unspecified atom stereocenters. The van der Waals surface area contributed by atoms with Gasteiger partial charge in [0.25, 0.3) is 0 Å². The van der Waals surface area contributed by atoms with Crippen LogP contribution in [-0.2, 0) is 20.7 Å². The highest BCUT2D eigenvalue weighted by atomic mass is 32.1. The summed E-state index contributed by atoms with van der Waals surface area (Å²) in [6.07, 6.45) is 9.02. The van der Waals surface area contributed by atoms with Gasteiger partial charge < -0.3 is 28.6 Å². The van der Waals surface area contributed by atoms with Crippen molar-refractivity contribution >= 4 is 78.2 Å². The average molecular weight is 785 g/mol. The van der Waals surface area contributed by atoms with Crippen LogP contribution in [0.1, 0.15) is 48.6 Å². The van der Waals surface area contributed by atoms with Crippen molar-refractivity contribution in [3.8, 4) is 43.1 Å². The Hall–Kier alpha value is -5.74. The van der Waals surface area contributed by atoms with Crippen molar-refractivity contribution in [2.45, 2.75) is 38.9 Å². The molecule has 0 aromatic carbocycles. The first kappa shape index (κ1) is 35.3. The van der Waals surface area contributed by atoms with Crippen LogP contribution in [0, 0.1) is 47.6 Å². The highest BCUT2D eigenvalue weighted by Gasteiger charge is 2.43. The number of hydrogen-bond donors (Lipinski definition) is 0. The Bertz CT molecular complexity index is 2450. The van der Waals surface area contributed by atoms with Crippen LogP contribution >= 0.6 is 45.3 Å². The maximum Gasteiger partial charge on any atom is 0.350 e. The number of hydrogen-bond acceptors (Lipinski definition) is 12. The fraction of sp³-hybridized carbons (Fsp3) is 0.250. The number of thiophene rings is 4. The van der Waals surface area contributed by atoms with Gasteiger partial charge in [-0.15, -0.1) is 22.7 Å². The van der Waals surface area contributed by atoms with Crippen LogP contribution in [0.5, 0.6) is 11.5 Å². The van der Waals surface area contributed by atoms with Crippen molar-refractivity contribution in [1.29, 1.82) is 10.5 Å². The monoisotopic (exact) mass is 784 g/mol. The van der Waals surface area contributed by atoms with Crippen LogP contribution in [0.4, 0.5) is 10.0 Å². The molecule has 6 heterocycles. The number of amidine groups is 2. The number of fused-ring (bicyclic) bond motifs is 7. The number of ether oxygens (including phenoxy) is 4. The first-order valence-electron chi connectivity index (χ1n) is 16.5. The average Bonchev–Trinajstić information content (AvgIpc) is 3.96. The van der Waals surface area contributed by atoms with Gasteiger partial charge in [-0.25, -0.2) is 10.5 Å². The lowest BCUT2D eigenvalue weighted by atomic mass is 9.76. The highest BCUT2D eigenvalue weighted by molar-refractivity contribution is 7.25. The van der Waals surface area contributed by atoms with Gasteiger partial charge in [-0.3, -0.25) is 0 Å². The highest BCUT2D eigenvalue weighted by Crippen LogP contribution is 2.58. The van der Waals surface area contributed by atoms with Crippen molar-refractivity contribution < 1.29 is 18.9 Å². The number of allylic oxidation sites excluding steroid dienone is 6. The molecule has 2 atom stereocenters. The number of nitriles is 2. The van der Waals surface area contributed by atoms with E-state index in [1.54, 1.807) is 49.0 Å². The van der Waals surface area contributed by atoms with E-state index < -0.39 is 11.2 Å². The van der Waals surface area contributed by atoms with E-state index in [0.29, 0.717) is 21.5 Å². The van der Waals surface area contributed by atoms with E-state index in [9.17, 15) is 10.5 Å². The summed E-state index contributed by atoms with van der Waals surface area (Å²) in [5.41, 5.74) is 3.02. The molecule has 2 aliphatic carbocycles. The van der Waals surface area contributed by atoms with Gasteiger partial charge in [-0.05, 0) is 52.0 Å². The lowest BCUT2D eigenvalue weighted by Crippen LogP contribution is -2.31. The largest absolute Gasteiger partial charge is 0.495 e. The molecule has 10 nitrogen and oxygen atoms in total. The van der Waals surface area contributed by atoms with Crippen LogP contribution in [-0.4, -0.2) is 25.9 Å². The van der Waals surface area contributed by atoms with Gasteiger partial charge in [-0.1, -0.05) is 58.0 Å². The van der Waals surface area contributed by atoms with E-state index in [1.807, 2.05) is 12.1 Å². The van der Waals surface area contributed by atoms with E-state index in [2.05, 4.69) is 83.8 Å². The predicted molar refractivity (Wildman–Crippen MR) is 214 cm³/mol. The molecule has 4 aromatic heterocycles. The van der Waals surface area contributed by atoms with Crippen LogP contribution in [0.2, 0.25) is 0 Å². The van der Waals surface area contributed by atoms with Crippen LogP contribution in [0.15, 0.2) is 70.1 Å². The van der Waals surface area contributed by atoms with Crippen molar-refractivity contribution in [2.75, 3.05) is 14.2 Å². The lowest BCUT2D eigenvalue weighted by molar-refractivity contribution is 0.0318. The van der Waals surface area contributed by atoms with Gasteiger partial charge >= 0.3 is 11.7 Å². The van der Waals surface area contributed by atoms with Crippen molar-refractivity contribution in [1.82, 2.24) is 0 Å². The Balaban J connectivity index is 1.17. The summed E-state index contributed by atoms with van der Waals surface area (Å²) in [5, 5.41) is 19.6. The predicted octanol–water partition coefficient (Wildman–Crippen LogP) is 11.3. The zero-order valence-electron chi connectivity index (χ0n) is 29.7. The van der Waals surface area contributed by atoms with E-state index in [4.69, 9.17) is 32.1 Å². The van der Waals surface area contributed by atoms with Gasteiger partial charge in [0.05, 0.1) is 24.0 Å². The summed E-state index contributed by atoms with van der Waals surface area (Å²) in [6, 6.07) is 11.5. The molecule has 0 N–H and O–H groups in total. The van der Waals surface area contributed by atoms with E-state index >= 15 is 0 Å². The minimum atomic E-state index is -0.605. The summed E-state index contributed by atoms with van der Waals surface area (Å²) in [6.45, 7) is 22.8. The summed E-state index contributed by atoms with van der Waals surface area (Å²) in [5.74, 6) is 2.57. The molecule has 8 rings (SSSR count). The second-order valence-electron chi connectivity index (χ2n) is 13.6. The summed E-state index contributed by atoms with van der Waals surface area (Å²) < 4.78 is 24.9. The number of methoxy groups -OCH3 is 2. The Morgan fingerprint density at radius 2 is 1.07 bits per heavy atom. The van der Waals surface area contributed by atoms with Crippen molar-refractivity contribution in [3.05, 3.63) is 104 Å². The number of rotatable bonds is 6. The molecule has 2 aliphatic heterocycles. The van der Waals surface area contributed by atoms with Crippen molar-refractivity contribution in [2.24, 2.45) is 21.8 Å². The number of nitrogens with zero attached hydrogens (tertiary/aromatic N) is 6. The topological polar surface area (TPSA) is 118 Å². The second-order valence-corrected chi connectivity index (χ2v) is 17.8. The Kier molecular flexibility index (Phi) is 8.49. The maximum atomic E-state index is 9.25. The second kappa shape index (κ2) is 13.0. The van der Waals surface area contributed by atoms with Gasteiger partial charge in [0.2, 0.25) is 10.0 Å². The third-order valence-electron chi connectivity index (χ3n) is 9.46. The summed E-state index contributed by atoms with van der Waals surface area (Å²) in [4.78, 5) is 20.8. The number of aliphatic imine (C=N–C) groups is 2. The van der Waals surface area contributed by atoms with Gasteiger partial charge in [-0.2, -0.15) is 0 Å². The first-order chi connectivity index (χ1) is 25.9. The van der Waals surface area contributed by atoms with E-state index in [-0.39, 0.29) is 23.5 Å². The molecule has 0 fully saturated rings. The van der Waals surface area contributed by atoms with Gasteiger partial charge in [0, 0.05) is 65.8 Å². The van der Waals surface area contributed by atoms with Crippen LogP contribution in [0.25, 0.3) is 40.3 Å². The molecule has 4 aromatic rings. The summed E-state index contributed by atoms with van der Waals surface area (Å²) in [7, 11) is 3.21. The lowest BCUT2D eigenvalue weighted by Gasteiger charge is -2.40. The molecule has 4 aliphatic rings. The van der Waals surface area contributed by atoms with E-state index in [1.165, 1.54) is 22.7 Å². The molecule has 0 bridgehead atoms. The molecular formula is C40H28N6O4S4. The molecule has 266 valence electrons. The van der Waals surface area contributed by atoms with Gasteiger partial charge in [0.15, 0.2) is 0 Å². The molecule has 14 heteroatoms. The molecule has 0 saturated carbocycles. The molecule has 0 amide bonds. The quantitative estimate of drug-likeness (QED) is 0.109. The smallest absolute Gasteiger partial charge is 0.350 e. The summed E-state index contributed by atoms with van der Waals surface area (Å²) >= 11 is 6.10. The Labute approximate surface area is 327 Å². The zero-order chi connectivity index (χ0) is 38.1. The molecule has 0 radical (unpaired) electrons. The molecule has 0 saturated heterocycles. The van der Waals surface area contributed by atoms with Crippen molar-refractivity contribution in [3.63, 3.8) is 0 Å². The molecule has 0 spiro atoms. The van der Waals surface area contributed by atoms with Crippen LogP contribution < -0.4 is 9.47 Å². The van der Waals surface area contributed by atoms with Crippen LogP contribution in [0.3, 0.4) is 0 Å². The third kappa shape index (κ3) is 5.76. The normalized spacial score (nSPS) is 20.1. The SMILES string of the molecule is [C-]#[N+]C(C#N)=Nc1cc(OC)c(-c2cc3c(s2)C2=CC4C=C5OC(C)(C)c6cc(-c7sc(N=C(C#N)[N+]#[C-])cc7OC)sc6C5=CC4C=C2OC3(C)C)s1. The zero-order valence-corrected chi connectivity index (χ0v) is 33.0. The first-order valence-corrected chi connectivity index (χ1v) is 19.8. The maximum absolute atomic E-state index is 9.25. The molecular weight excluding hydrogens is 757 g/mol.